The Morgan fingerprint density at radius 2 is 2.03 bits per heavy atom. The van der Waals surface area contributed by atoms with Gasteiger partial charge in [-0.15, -0.1) is 0 Å². The number of carbonyl (C=O) groups excluding carboxylic acids is 2. The molecule has 0 unspecified atom stereocenters. The van der Waals surface area contributed by atoms with Crippen LogP contribution in [0.15, 0.2) is 39.9 Å². The molecule has 3 heterocycles. The van der Waals surface area contributed by atoms with Crippen LogP contribution in [0.5, 0.6) is 0 Å². The fourth-order valence-corrected chi connectivity index (χ4v) is 4.23. The van der Waals surface area contributed by atoms with Gasteiger partial charge >= 0.3 is 5.69 Å². The van der Waals surface area contributed by atoms with E-state index < -0.39 is 17.2 Å². The second-order valence-corrected chi connectivity index (χ2v) is 8.22. The summed E-state index contributed by atoms with van der Waals surface area (Å²) in [5.41, 5.74) is 1.19. The normalized spacial score (nSPS) is 16.0. The minimum Gasteiger partial charge on any atom is -0.322 e. The van der Waals surface area contributed by atoms with Gasteiger partial charge in [-0.2, -0.15) is 0 Å². The van der Waals surface area contributed by atoms with E-state index in [-0.39, 0.29) is 28.4 Å². The third-order valence-electron chi connectivity index (χ3n) is 6.01. The highest BCUT2D eigenvalue weighted by atomic mass is 16.2. The molecule has 2 aliphatic rings. The van der Waals surface area contributed by atoms with Gasteiger partial charge in [-0.05, 0) is 50.5 Å². The van der Waals surface area contributed by atoms with E-state index in [4.69, 9.17) is 0 Å². The summed E-state index contributed by atoms with van der Waals surface area (Å²) in [6.07, 6.45) is 3.26. The first-order chi connectivity index (χ1) is 15.5. The third-order valence-corrected chi connectivity index (χ3v) is 6.01. The lowest BCUT2D eigenvalue weighted by atomic mass is 10.1. The van der Waals surface area contributed by atoms with Crippen LogP contribution in [0.4, 0.5) is 11.4 Å². The second-order valence-electron chi connectivity index (χ2n) is 8.22. The van der Waals surface area contributed by atoms with Crippen molar-refractivity contribution in [3.05, 3.63) is 62.4 Å². The van der Waals surface area contributed by atoms with Crippen molar-refractivity contribution in [3.63, 3.8) is 0 Å². The molecule has 32 heavy (non-hydrogen) atoms. The van der Waals surface area contributed by atoms with Crippen molar-refractivity contribution in [1.82, 2.24) is 14.5 Å². The predicted octanol–water partition coefficient (Wildman–Crippen LogP) is 2.36. The first-order valence-electron chi connectivity index (χ1n) is 10.9. The molecule has 1 aliphatic carbocycles. The van der Waals surface area contributed by atoms with Crippen LogP contribution < -0.4 is 21.5 Å². The Balaban J connectivity index is 1.57. The van der Waals surface area contributed by atoms with Crippen LogP contribution in [0.25, 0.3) is 11.0 Å². The lowest BCUT2D eigenvalue weighted by molar-refractivity contribution is -0.117. The van der Waals surface area contributed by atoms with Crippen molar-refractivity contribution in [2.75, 3.05) is 16.8 Å². The summed E-state index contributed by atoms with van der Waals surface area (Å²) in [4.78, 5) is 58.9. The summed E-state index contributed by atoms with van der Waals surface area (Å²) in [7, 11) is 0. The molecule has 1 aromatic carbocycles. The molecule has 9 heteroatoms. The van der Waals surface area contributed by atoms with Crippen molar-refractivity contribution in [1.29, 1.82) is 0 Å². The Morgan fingerprint density at radius 1 is 1.22 bits per heavy atom. The number of amides is 2. The molecule has 0 atom stereocenters. The molecular weight excluding hydrogens is 410 g/mol. The number of nitrogens with one attached hydrogen (secondary N) is 2. The summed E-state index contributed by atoms with van der Waals surface area (Å²) in [5, 5.41) is 2.95. The molecule has 0 radical (unpaired) electrons. The number of pyridine rings is 1. The van der Waals surface area contributed by atoms with E-state index in [0.717, 1.165) is 24.9 Å². The van der Waals surface area contributed by atoms with Crippen LogP contribution >= 0.6 is 0 Å². The highest BCUT2D eigenvalue weighted by Crippen LogP contribution is 2.40. The number of nitrogens with zero attached hydrogens (tertiary/aromatic N) is 3. The monoisotopic (exact) mass is 433 g/mol. The maximum atomic E-state index is 13.3. The highest BCUT2D eigenvalue weighted by molar-refractivity contribution is 6.12. The average Bonchev–Trinajstić information content (AvgIpc) is 3.54. The smallest absolute Gasteiger partial charge is 0.322 e. The number of carbonyl (C=O) groups is 2. The van der Waals surface area contributed by atoms with Crippen LogP contribution in [-0.2, 0) is 11.3 Å². The van der Waals surface area contributed by atoms with Gasteiger partial charge < -0.3 is 10.2 Å². The predicted molar refractivity (Wildman–Crippen MR) is 120 cm³/mol. The highest BCUT2D eigenvalue weighted by Gasteiger charge is 2.29. The SMILES string of the molecule is CCn1c(=O)[nH]c(=O)c2c(C(=O)Nc3cccc(N4CCCC4=O)c3)cc(C3CC3)nc21. The first-order valence-corrected chi connectivity index (χ1v) is 10.9. The first kappa shape index (κ1) is 20.2. The van der Waals surface area contributed by atoms with E-state index in [0.29, 0.717) is 30.9 Å². The van der Waals surface area contributed by atoms with Crippen LogP contribution in [0.1, 0.15) is 54.6 Å². The summed E-state index contributed by atoms with van der Waals surface area (Å²) in [6, 6.07) is 8.75. The summed E-state index contributed by atoms with van der Waals surface area (Å²) in [5.74, 6) is -0.169. The lowest BCUT2D eigenvalue weighted by Gasteiger charge is -2.17. The lowest BCUT2D eigenvalue weighted by Crippen LogP contribution is -2.32. The van der Waals surface area contributed by atoms with Crippen LogP contribution in [-0.4, -0.2) is 32.9 Å². The molecule has 9 nitrogen and oxygen atoms in total. The molecule has 2 fully saturated rings. The number of aromatic nitrogens is 3. The number of aromatic amines is 1. The molecule has 5 rings (SSSR count). The van der Waals surface area contributed by atoms with E-state index in [9.17, 15) is 19.2 Å². The van der Waals surface area contributed by atoms with E-state index in [1.165, 1.54) is 4.57 Å². The van der Waals surface area contributed by atoms with E-state index in [1.807, 2.05) is 6.07 Å². The Labute approximate surface area is 183 Å². The molecule has 2 aromatic heterocycles. The summed E-state index contributed by atoms with van der Waals surface area (Å²) >= 11 is 0. The summed E-state index contributed by atoms with van der Waals surface area (Å²) in [6.45, 7) is 2.76. The van der Waals surface area contributed by atoms with Gasteiger partial charge in [0.15, 0.2) is 5.65 Å². The fourth-order valence-electron chi connectivity index (χ4n) is 4.23. The second kappa shape index (κ2) is 7.74. The number of anilines is 2. The molecule has 3 aromatic rings. The Hall–Kier alpha value is -3.75. The van der Waals surface area contributed by atoms with Crippen molar-refractivity contribution >= 4 is 34.2 Å². The largest absolute Gasteiger partial charge is 0.329 e. The van der Waals surface area contributed by atoms with Gasteiger partial charge in [-0.1, -0.05) is 6.07 Å². The van der Waals surface area contributed by atoms with Crippen LogP contribution in [0.2, 0.25) is 0 Å². The average molecular weight is 433 g/mol. The zero-order valence-electron chi connectivity index (χ0n) is 17.7. The van der Waals surface area contributed by atoms with Crippen molar-refractivity contribution in [3.8, 4) is 0 Å². The maximum absolute atomic E-state index is 13.3. The van der Waals surface area contributed by atoms with Gasteiger partial charge in [0.2, 0.25) is 5.91 Å². The molecule has 1 saturated heterocycles. The van der Waals surface area contributed by atoms with Crippen molar-refractivity contribution < 1.29 is 9.59 Å². The number of hydrogen-bond acceptors (Lipinski definition) is 5. The van der Waals surface area contributed by atoms with Crippen molar-refractivity contribution in [2.45, 2.75) is 45.1 Å². The van der Waals surface area contributed by atoms with Crippen LogP contribution in [0, 0.1) is 0 Å². The Kier molecular flexibility index (Phi) is 4.88. The molecule has 2 N–H and O–H groups in total. The van der Waals surface area contributed by atoms with Gasteiger partial charge in [0.1, 0.15) is 0 Å². The number of benzene rings is 1. The van der Waals surface area contributed by atoms with Gasteiger partial charge in [-0.25, -0.2) is 9.78 Å². The van der Waals surface area contributed by atoms with Gasteiger partial charge in [-0.3, -0.25) is 23.9 Å². The minimum absolute atomic E-state index is 0.0618. The topological polar surface area (TPSA) is 117 Å². The molecule has 0 bridgehead atoms. The molecule has 1 saturated carbocycles. The Bertz CT molecular complexity index is 1370. The third kappa shape index (κ3) is 3.49. The molecule has 0 spiro atoms. The quantitative estimate of drug-likeness (QED) is 0.641. The standard InChI is InChI=1S/C23H23N5O4/c1-2-27-20-19(22(31)26-23(27)32)16(12-17(25-20)13-8-9-13)21(30)24-14-5-3-6-15(11-14)28-10-4-7-18(28)29/h3,5-6,11-13H,2,4,7-10H2,1H3,(H,24,30)(H,26,31,32). The van der Waals surface area contributed by atoms with Crippen molar-refractivity contribution in [2.24, 2.45) is 0 Å². The van der Waals surface area contributed by atoms with Gasteiger partial charge in [0, 0.05) is 42.5 Å². The van der Waals surface area contributed by atoms with E-state index >= 15 is 0 Å². The number of fused-ring (bicyclic) bond motifs is 1. The number of aryl methyl sites for hydroxylation is 1. The number of H-pyrrole nitrogens is 1. The number of hydrogen-bond donors (Lipinski definition) is 2. The maximum Gasteiger partial charge on any atom is 0.329 e. The molecule has 1 aliphatic heterocycles. The van der Waals surface area contributed by atoms with Gasteiger partial charge in [0.25, 0.3) is 11.5 Å². The number of rotatable bonds is 5. The van der Waals surface area contributed by atoms with E-state index in [1.54, 1.807) is 36.1 Å². The fraction of sp³-hybridized carbons (Fsp3) is 0.348. The van der Waals surface area contributed by atoms with E-state index in [2.05, 4.69) is 15.3 Å². The van der Waals surface area contributed by atoms with Crippen LogP contribution in [0.3, 0.4) is 0 Å². The Morgan fingerprint density at radius 3 is 2.72 bits per heavy atom. The molecule has 164 valence electrons. The zero-order chi connectivity index (χ0) is 22.4. The molecule has 2 amide bonds. The van der Waals surface area contributed by atoms with Gasteiger partial charge in [0.05, 0.1) is 10.9 Å². The molecular formula is C23H23N5O4. The summed E-state index contributed by atoms with van der Waals surface area (Å²) < 4.78 is 1.37. The zero-order valence-corrected chi connectivity index (χ0v) is 17.7. The minimum atomic E-state index is -0.633.